The van der Waals surface area contributed by atoms with Gasteiger partial charge in [-0.05, 0) is 30.3 Å². The Balaban J connectivity index is 2.06. The van der Waals surface area contributed by atoms with E-state index < -0.39 is 5.97 Å². The summed E-state index contributed by atoms with van der Waals surface area (Å²) in [6.45, 7) is 0. The van der Waals surface area contributed by atoms with E-state index in [9.17, 15) is 4.79 Å². The van der Waals surface area contributed by atoms with Crippen LogP contribution in [0.1, 0.15) is 10.4 Å². The average Bonchev–Trinajstić information content (AvgIpc) is 2.89. The number of methoxy groups -OCH3 is 1. The normalized spacial score (nSPS) is 10.7. The van der Waals surface area contributed by atoms with Gasteiger partial charge in [-0.15, -0.1) is 10.2 Å². The molecule has 0 fully saturated rings. The Morgan fingerprint density at radius 2 is 1.81 bits per heavy atom. The van der Waals surface area contributed by atoms with Gasteiger partial charge < -0.3 is 15.6 Å². The molecule has 7 heteroatoms. The molecular formula is C14H12N4O3. The van der Waals surface area contributed by atoms with Crippen molar-refractivity contribution in [1.82, 2.24) is 15.0 Å². The van der Waals surface area contributed by atoms with Crippen molar-refractivity contribution < 1.29 is 14.6 Å². The molecule has 0 amide bonds. The zero-order chi connectivity index (χ0) is 15.0. The number of aromatic nitrogens is 3. The van der Waals surface area contributed by atoms with Crippen molar-refractivity contribution in [2.24, 2.45) is 0 Å². The first-order valence-corrected chi connectivity index (χ1v) is 6.13. The lowest BCUT2D eigenvalue weighted by Crippen LogP contribution is -2.00. The summed E-state index contributed by atoms with van der Waals surface area (Å²) in [6, 6.07) is 9.68. The van der Waals surface area contributed by atoms with Gasteiger partial charge in [-0.1, -0.05) is 0 Å². The van der Waals surface area contributed by atoms with Crippen LogP contribution in [-0.4, -0.2) is 33.2 Å². The topological polar surface area (TPSA) is 103 Å². The third-order valence-corrected chi connectivity index (χ3v) is 3.08. The standard InChI is InChI=1S/C14H12N4O3/c1-21-13-7-12-11(6-10(13)15)16-18(17-12)9-4-2-8(3-5-9)14(19)20/h2-7H,15H2,1H3,(H,19,20). The number of ether oxygens (including phenoxy) is 1. The number of nitrogen functional groups attached to an aromatic ring is 1. The minimum atomic E-state index is -0.974. The summed E-state index contributed by atoms with van der Waals surface area (Å²) < 4.78 is 5.14. The van der Waals surface area contributed by atoms with Gasteiger partial charge >= 0.3 is 5.97 Å². The molecular weight excluding hydrogens is 272 g/mol. The van der Waals surface area contributed by atoms with Crippen LogP contribution in [0.5, 0.6) is 5.75 Å². The van der Waals surface area contributed by atoms with Gasteiger partial charge in [0.2, 0.25) is 0 Å². The maximum absolute atomic E-state index is 10.8. The Hall–Kier alpha value is -3.09. The van der Waals surface area contributed by atoms with Gasteiger partial charge in [0.05, 0.1) is 24.0 Å². The van der Waals surface area contributed by atoms with Gasteiger partial charge in [0.1, 0.15) is 16.8 Å². The Kier molecular flexibility index (Phi) is 2.94. The Labute approximate surface area is 119 Å². The minimum Gasteiger partial charge on any atom is -0.495 e. The highest BCUT2D eigenvalue weighted by Crippen LogP contribution is 2.26. The van der Waals surface area contributed by atoms with E-state index in [2.05, 4.69) is 10.2 Å². The molecule has 1 aromatic heterocycles. The molecule has 0 bridgehead atoms. The number of anilines is 1. The number of fused-ring (bicyclic) bond motifs is 1. The second kappa shape index (κ2) is 4.78. The molecule has 0 aliphatic rings. The number of hydrogen-bond donors (Lipinski definition) is 2. The summed E-state index contributed by atoms with van der Waals surface area (Å²) in [5.41, 5.74) is 8.46. The largest absolute Gasteiger partial charge is 0.495 e. The number of aromatic carboxylic acids is 1. The minimum absolute atomic E-state index is 0.210. The van der Waals surface area contributed by atoms with Gasteiger partial charge in [-0.25, -0.2) is 4.79 Å². The van der Waals surface area contributed by atoms with Gasteiger partial charge in [0.15, 0.2) is 0 Å². The van der Waals surface area contributed by atoms with Crippen LogP contribution in [0.4, 0.5) is 5.69 Å². The molecule has 3 aromatic rings. The molecule has 3 rings (SSSR count). The molecule has 2 aromatic carbocycles. The van der Waals surface area contributed by atoms with Crippen LogP contribution in [0.25, 0.3) is 16.7 Å². The van der Waals surface area contributed by atoms with E-state index >= 15 is 0 Å². The lowest BCUT2D eigenvalue weighted by molar-refractivity contribution is 0.0697. The van der Waals surface area contributed by atoms with Gasteiger partial charge in [0.25, 0.3) is 0 Å². The van der Waals surface area contributed by atoms with E-state index in [0.29, 0.717) is 28.2 Å². The lowest BCUT2D eigenvalue weighted by atomic mass is 10.2. The summed E-state index contributed by atoms with van der Waals surface area (Å²) in [5.74, 6) is -0.437. The van der Waals surface area contributed by atoms with Gasteiger partial charge in [-0.3, -0.25) is 0 Å². The summed E-state index contributed by atoms with van der Waals surface area (Å²) >= 11 is 0. The summed E-state index contributed by atoms with van der Waals surface area (Å²) in [4.78, 5) is 12.3. The summed E-state index contributed by atoms with van der Waals surface area (Å²) in [7, 11) is 1.53. The van der Waals surface area contributed by atoms with Crippen molar-refractivity contribution in [1.29, 1.82) is 0 Å². The van der Waals surface area contributed by atoms with Crippen molar-refractivity contribution in [2.45, 2.75) is 0 Å². The zero-order valence-electron chi connectivity index (χ0n) is 11.1. The first-order chi connectivity index (χ1) is 10.1. The van der Waals surface area contributed by atoms with E-state index in [0.717, 1.165) is 0 Å². The van der Waals surface area contributed by atoms with Crippen LogP contribution in [-0.2, 0) is 0 Å². The van der Waals surface area contributed by atoms with Gasteiger partial charge in [-0.2, -0.15) is 4.80 Å². The average molecular weight is 284 g/mol. The number of carboxylic acids is 1. The highest BCUT2D eigenvalue weighted by molar-refractivity contribution is 5.87. The molecule has 0 aliphatic heterocycles. The molecule has 0 saturated heterocycles. The van der Waals surface area contributed by atoms with E-state index in [1.165, 1.54) is 24.0 Å². The van der Waals surface area contributed by atoms with Crippen molar-refractivity contribution in [3.8, 4) is 11.4 Å². The van der Waals surface area contributed by atoms with Gasteiger partial charge in [0, 0.05) is 6.07 Å². The fraction of sp³-hybridized carbons (Fsp3) is 0.0714. The molecule has 0 radical (unpaired) electrons. The summed E-state index contributed by atoms with van der Waals surface area (Å²) in [5, 5.41) is 17.5. The van der Waals surface area contributed by atoms with Crippen molar-refractivity contribution >= 4 is 22.7 Å². The first kappa shape index (κ1) is 12.9. The second-order valence-electron chi connectivity index (χ2n) is 4.42. The molecule has 0 unspecified atom stereocenters. The number of nitrogens with zero attached hydrogens (tertiary/aromatic N) is 3. The van der Waals surface area contributed by atoms with Crippen molar-refractivity contribution in [3.05, 3.63) is 42.0 Å². The smallest absolute Gasteiger partial charge is 0.335 e. The van der Waals surface area contributed by atoms with Crippen molar-refractivity contribution in [3.63, 3.8) is 0 Å². The highest BCUT2D eigenvalue weighted by atomic mass is 16.5. The molecule has 3 N–H and O–H groups in total. The summed E-state index contributed by atoms with van der Waals surface area (Å²) in [6.07, 6.45) is 0. The van der Waals surface area contributed by atoms with Crippen LogP contribution < -0.4 is 10.5 Å². The molecule has 21 heavy (non-hydrogen) atoms. The predicted octanol–water partition coefficient (Wildman–Crippen LogP) is 1.71. The van der Waals surface area contributed by atoms with E-state index in [4.69, 9.17) is 15.6 Å². The number of carboxylic acid groups (broad SMARTS) is 1. The number of benzene rings is 2. The Morgan fingerprint density at radius 3 is 2.38 bits per heavy atom. The molecule has 106 valence electrons. The quantitative estimate of drug-likeness (QED) is 0.710. The van der Waals surface area contributed by atoms with Crippen molar-refractivity contribution in [2.75, 3.05) is 12.8 Å². The fourth-order valence-corrected chi connectivity index (χ4v) is 1.99. The van der Waals surface area contributed by atoms with E-state index in [1.54, 1.807) is 24.3 Å². The van der Waals surface area contributed by atoms with Crippen LogP contribution in [0.3, 0.4) is 0 Å². The first-order valence-electron chi connectivity index (χ1n) is 6.13. The molecule has 1 heterocycles. The third-order valence-electron chi connectivity index (χ3n) is 3.08. The van der Waals surface area contributed by atoms with Crippen LogP contribution in [0, 0.1) is 0 Å². The fourth-order valence-electron chi connectivity index (χ4n) is 1.99. The third kappa shape index (κ3) is 2.25. The maximum Gasteiger partial charge on any atom is 0.335 e. The zero-order valence-corrected chi connectivity index (χ0v) is 11.1. The highest BCUT2D eigenvalue weighted by Gasteiger charge is 2.09. The van der Waals surface area contributed by atoms with Crippen LogP contribution in [0.15, 0.2) is 36.4 Å². The molecule has 7 nitrogen and oxygen atoms in total. The Morgan fingerprint density at radius 1 is 1.19 bits per heavy atom. The molecule has 0 atom stereocenters. The predicted molar refractivity (Wildman–Crippen MR) is 76.8 cm³/mol. The second-order valence-corrected chi connectivity index (χ2v) is 4.42. The van der Waals surface area contributed by atoms with Crippen LogP contribution in [0.2, 0.25) is 0 Å². The SMILES string of the molecule is COc1cc2nn(-c3ccc(C(=O)O)cc3)nc2cc1N. The maximum atomic E-state index is 10.8. The lowest BCUT2D eigenvalue weighted by Gasteiger charge is -2.01. The van der Waals surface area contributed by atoms with E-state index in [-0.39, 0.29) is 5.56 Å². The molecule has 0 aliphatic carbocycles. The monoisotopic (exact) mass is 284 g/mol. The number of nitrogens with two attached hydrogens (primary N) is 1. The Bertz CT molecular complexity index is 824. The van der Waals surface area contributed by atoms with Crippen LogP contribution >= 0.6 is 0 Å². The van der Waals surface area contributed by atoms with E-state index in [1.807, 2.05) is 0 Å². The number of rotatable bonds is 3. The molecule has 0 saturated carbocycles. The number of carbonyl (C=O) groups is 1. The molecule has 0 spiro atoms. The number of hydrogen-bond acceptors (Lipinski definition) is 5.